The Hall–Kier alpha value is -4.63. The Morgan fingerprint density at radius 3 is 1.25 bits per heavy atom. The summed E-state index contributed by atoms with van der Waals surface area (Å²) in [4.78, 5) is 95.1. The highest BCUT2D eigenvalue weighted by molar-refractivity contribution is 7.66. The van der Waals surface area contributed by atoms with E-state index in [4.69, 9.17) is 59.3 Å². The number of nitrogens with two attached hydrogens (primary N) is 3. The van der Waals surface area contributed by atoms with Gasteiger partial charge in [-0.2, -0.15) is 8.62 Å². The van der Waals surface area contributed by atoms with Crippen molar-refractivity contribution in [3.63, 3.8) is 0 Å². The van der Waals surface area contributed by atoms with E-state index in [2.05, 4.69) is 58.0 Å². The summed E-state index contributed by atoms with van der Waals surface area (Å²) in [6.45, 7) is -3.52. The van der Waals surface area contributed by atoms with Gasteiger partial charge in [0.25, 0.3) is 0 Å². The molecule has 3 saturated heterocycles. The van der Waals surface area contributed by atoms with Gasteiger partial charge in [-0.05, 0) is 0 Å². The molecule has 0 radical (unpaired) electrons. The Morgan fingerprint density at radius 2 is 0.853 bits per heavy atom. The van der Waals surface area contributed by atoms with Gasteiger partial charge >= 0.3 is 39.1 Å². The summed E-state index contributed by atoms with van der Waals surface area (Å²) in [5, 5.41) is 33.7. The Bertz CT molecular complexity index is 3360. The Labute approximate surface area is 413 Å². The van der Waals surface area contributed by atoms with Gasteiger partial charge in [0.05, 0.1) is 38.8 Å². The molecule has 15 N–H and O–H groups in total. The van der Waals surface area contributed by atoms with Crippen molar-refractivity contribution in [3.05, 3.63) is 38.0 Å². The summed E-state index contributed by atoms with van der Waals surface area (Å²) in [5.41, 5.74) is 17.5. The number of ether oxygens (including phenoxy) is 3. The highest BCUT2D eigenvalue weighted by Crippen LogP contribution is 2.66. The molecule has 0 amide bonds. The fourth-order valence-electron chi connectivity index (χ4n) is 7.80. The van der Waals surface area contributed by atoms with Crippen LogP contribution < -0.4 is 17.2 Å². The molecule has 4 unspecified atom stereocenters. The van der Waals surface area contributed by atoms with Crippen LogP contribution >= 0.6 is 39.1 Å². The number of phosphoric ester groups is 3. The molecule has 410 valence electrons. The quantitative estimate of drug-likeness (QED) is 0.0358. The first-order valence-corrected chi connectivity index (χ1v) is 28.2. The van der Waals surface area contributed by atoms with E-state index in [1.165, 1.54) is 0 Å². The van der Waals surface area contributed by atoms with Crippen molar-refractivity contribution in [2.24, 2.45) is 0 Å². The number of imidazole rings is 3. The van der Waals surface area contributed by atoms with E-state index in [1.807, 2.05) is 0 Å². The van der Waals surface area contributed by atoms with Gasteiger partial charge in [0, 0.05) is 0 Å². The molecule has 9 rings (SSSR count). The summed E-state index contributed by atoms with van der Waals surface area (Å²) < 4.78 is 132. The number of aliphatic hydroxyl groups excluding tert-OH is 3. The summed E-state index contributed by atoms with van der Waals surface area (Å²) in [6.07, 6.45) is -16.9. The number of phosphoric acid groups is 5. The van der Waals surface area contributed by atoms with Crippen LogP contribution in [0.25, 0.3) is 33.5 Å². The van der Waals surface area contributed by atoms with Crippen molar-refractivity contribution >= 4 is 90.1 Å². The third kappa shape index (κ3) is 11.7. The zero-order valence-corrected chi connectivity index (χ0v) is 41.3. The number of nitrogen functional groups attached to an aromatic ring is 3. The Balaban J connectivity index is 0.912. The lowest BCUT2D eigenvalue weighted by molar-refractivity contribution is -0.0636. The van der Waals surface area contributed by atoms with Gasteiger partial charge in [0.15, 0.2) is 59.3 Å². The number of alkyl halides is 1. The predicted molar refractivity (Wildman–Crippen MR) is 235 cm³/mol. The van der Waals surface area contributed by atoms with E-state index >= 15 is 4.39 Å². The molecule has 0 aromatic carbocycles. The smallest absolute Gasteiger partial charge is 0.387 e. The van der Waals surface area contributed by atoms with E-state index < -0.39 is 133 Å². The van der Waals surface area contributed by atoms with Crippen LogP contribution in [0.5, 0.6) is 0 Å². The van der Waals surface area contributed by atoms with Crippen molar-refractivity contribution in [2.75, 3.05) is 37.0 Å². The molecule has 45 heteroatoms. The fourth-order valence-corrected chi connectivity index (χ4v) is 12.7. The number of hydrogen-bond acceptors (Lipinski definition) is 30. The molecule has 16 atom stereocenters. The van der Waals surface area contributed by atoms with Crippen LogP contribution in [0.3, 0.4) is 0 Å². The second kappa shape index (κ2) is 20.6. The topological polar surface area (TPSA) is 569 Å². The van der Waals surface area contributed by atoms with Crippen molar-refractivity contribution in [1.29, 1.82) is 0 Å². The zero-order valence-electron chi connectivity index (χ0n) is 36.9. The number of aromatic nitrogens is 12. The van der Waals surface area contributed by atoms with Gasteiger partial charge in [0.1, 0.15) is 84.4 Å². The monoisotopic (exact) mass is 1170 g/mol. The number of fused-ring (bicyclic) bond motifs is 3. The maximum absolute atomic E-state index is 15.5. The van der Waals surface area contributed by atoms with Crippen molar-refractivity contribution in [1.82, 2.24) is 58.6 Å². The van der Waals surface area contributed by atoms with Gasteiger partial charge in [-0.3, -0.25) is 36.3 Å². The largest absolute Gasteiger partial charge is 0.490 e. The minimum atomic E-state index is -6.00. The molecule has 6 aromatic rings. The molecular weight excluding hydrogens is 1130 g/mol. The molecule has 6 aromatic heterocycles. The number of halogens is 1. The van der Waals surface area contributed by atoms with E-state index in [0.29, 0.717) is 0 Å². The zero-order chi connectivity index (χ0) is 54.2. The molecule has 3 aliphatic heterocycles. The highest BCUT2D eigenvalue weighted by atomic mass is 31.3. The number of nitrogens with zero attached hydrogens (tertiary/aromatic N) is 12. The standard InChI is InChI=1S/C30H39FN15O24P5/c31-13-10(64-28(19(13)49)44-7-41-14-22(32)35-4-38-25(14)44)1-61-72(53,54)67-20-17(47)11(65-29(20)45-8-42-15-23(33)36-5-39-26(15)45)2-62-73(55,56)68-21-18(48)12(3-63-74(57,58)70-75(59,60)69-71(50,51)52)66-30(21)46-9-43-16-24(34)37-6-40-27(16)46/h4-13,17-21,28-30,47-49H,1-3H2,(H,53,54)(H,55,56)(H,57,58)(H,59,60)(H2,32,35,38)(H2,33,36,39)(H2,34,37,40)(H2,50,51,52)/t10-,11-,12-,13-,17-,18-,19-,20-,21-,28-,29-,30-/m1/s1. The summed E-state index contributed by atoms with van der Waals surface area (Å²) in [5.74, 6) is -0.354. The summed E-state index contributed by atoms with van der Waals surface area (Å²) >= 11 is 0. The number of aliphatic hydroxyl groups is 3. The second-order valence-electron chi connectivity index (χ2n) is 15.9. The van der Waals surface area contributed by atoms with Crippen LogP contribution in [0.4, 0.5) is 21.8 Å². The molecule has 3 fully saturated rings. The van der Waals surface area contributed by atoms with Crippen molar-refractivity contribution in [3.8, 4) is 0 Å². The average Bonchev–Trinajstić information content (AvgIpc) is 4.18. The second-order valence-corrected chi connectivity index (χ2v) is 23.1. The van der Waals surface area contributed by atoms with Crippen LogP contribution in [0.15, 0.2) is 38.0 Å². The summed E-state index contributed by atoms with van der Waals surface area (Å²) in [7, 11) is -28.7. The van der Waals surface area contributed by atoms with Gasteiger partial charge in [-0.25, -0.2) is 72.1 Å². The molecular formula is C30H39FN15O24P5. The van der Waals surface area contributed by atoms with Crippen LogP contribution in [-0.4, -0.2) is 178 Å². The Morgan fingerprint density at radius 1 is 0.493 bits per heavy atom. The van der Waals surface area contributed by atoms with Crippen molar-refractivity contribution in [2.45, 2.75) is 73.7 Å². The van der Waals surface area contributed by atoms with Crippen LogP contribution in [-0.2, 0) is 68.3 Å². The van der Waals surface area contributed by atoms with E-state index in [1.54, 1.807) is 0 Å². The fraction of sp³-hybridized carbons (Fsp3) is 0.500. The molecule has 75 heavy (non-hydrogen) atoms. The number of hydrogen-bond donors (Lipinski definition) is 12. The van der Waals surface area contributed by atoms with Crippen LogP contribution in [0.1, 0.15) is 18.7 Å². The van der Waals surface area contributed by atoms with Gasteiger partial charge in [0.2, 0.25) is 0 Å². The van der Waals surface area contributed by atoms with Gasteiger partial charge in [-0.15, -0.1) is 0 Å². The molecule has 0 spiro atoms. The lowest BCUT2D eigenvalue weighted by Gasteiger charge is -2.25. The number of anilines is 3. The SMILES string of the molecule is Nc1ncnc2c1ncn2[C@@H]1O[C@H](COP(=O)(O)O[C@@H]2[C@H](O)[C@@H](COP(=O)(O)O[C@@H]3[C@H](O)[C@@H](COP(=O)(O)OP(=O)(O)OP(=O)(O)O)O[C@H]3n3cnc4c(N)ncnc43)O[C@H]2n2cnc3c(N)ncnc32)[C@@H](F)[C@H]1O. The molecule has 3 aliphatic rings. The third-order valence-electron chi connectivity index (χ3n) is 11.0. The molecule has 0 aliphatic carbocycles. The minimum Gasteiger partial charge on any atom is -0.387 e. The Kier molecular flexibility index (Phi) is 15.2. The van der Waals surface area contributed by atoms with Crippen LogP contribution in [0.2, 0.25) is 0 Å². The van der Waals surface area contributed by atoms with Crippen molar-refractivity contribution < 1.29 is 117 Å². The lowest BCUT2D eigenvalue weighted by Crippen LogP contribution is -2.37. The first kappa shape index (κ1) is 55.1. The first-order chi connectivity index (χ1) is 35.1. The molecule has 9 heterocycles. The predicted octanol–water partition coefficient (Wildman–Crippen LogP) is -2.29. The van der Waals surface area contributed by atoms with E-state index in [9.17, 15) is 57.7 Å². The first-order valence-electron chi connectivity index (χ1n) is 20.6. The highest BCUT2D eigenvalue weighted by Gasteiger charge is 2.54. The maximum Gasteiger partial charge on any atom is 0.490 e. The van der Waals surface area contributed by atoms with E-state index in [0.717, 1.165) is 51.7 Å². The minimum absolute atomic E-state index is 0.0295. The summed E-state index contributed by atoms with van der Waals surface area (Å²) in [6, 6.07) is 0. The number of rotatable bonds is 20. The molecule has 39 nitrogen and oxygen atoms in total. The van der Waals surface area contributed by atoms with Crippen LogP contribution in [0, 0.1) is 0 Å². The average molecular weight is 1170 g/mol. The van der Waals surface area contributed by atoms with E-state index in [-0.39, 0.29) is 50.9 Å². The van der Waals surface area contributed by atoms with Gasteiger partial charge in [-0.1, -0.05) is 0 Å². The normalized spacial score (nSPS) is 30.7. The molecule has 0 bridgehead atoms. The maximum atomic E-state index is 15.5. The lowest BCUT2D eigenvalue weighted by atomic mass is 10.1. The third-order valence-corrected chi connectivity index (χ3v) is 16.8. The molecule has 0 saturated carbocycles. The van der Waals surface area contributed by atoms with Gasteiger partial charge < -0.3 is 76.1 Å².